The molecule has 28 heavy (non-hydrogen) atoms. The maximum atomic E-state index is 12.4. The number of aromatic nitrogens is 1. The maximum absolute atomic E-state index is 12.4. The van der Waals surface area contributed by atoms with Crippen molar-refractivity contribution in [1.29, 1.82) is 0 Å². The third-order valence-electron chi connectivity index (χ3n) is 4.15. The number of rotatable bonds is 4. The van der Waals surface area contributed by atoms with Crippen molar-refractivity contribution in [2.75, 3.05) is 0 Å². The van der Waals surface area contributed by atoms with Crippen molar-refractivity contribution >= 4 is 33.2 Å². The van der Waals surface area contributed by atoms with Gasteiger partial charge in [0.05, 0.1) is 5.69 Å². The van der Waals surface area contributed by atoms with Crippen LogP contribution in [0.2, 0.25) is 0 Å². The summed E-state index contributed by atoms with van der Waals surface area (Å²) in [5, 5.41) is 6.44. The van der Waals surface area contributed by atoms with Crippen molar-refractivity contribution in [2.45, 2.75) is 0 Å². The van der Waals surface area contributed by atoms with Gasteiger partial charge in [-0.05, 0) is 42.0 Å². The molecule has 0 bridgehead atoms. The second kappa shape index (κ2) is 8.37. The standard InChI is InChI=1S/C22H16BrN3OS/c23-18-13-11-16(12-14-18)20-15-28-22(26(20)19-9-5-2-6-10-19)25-24-21(27)17-7-3-1-4-8-17/h1-15H,(H,24,27). The van der Waals surface area contributed by atoms with Crippen molar-refractivity contribution in [3.05, 3.63) is 105 Å². The number of halogens is 1. The first-order valence-electron chi connectivity index (χ1n) is 8.63. The van der Waals surface area contributed by atoms with Gasteiger partial charge in [0.1, 0.15) is 0 Å². The number of nitrogens with zero attached hydrogens (tertiary/aromatic N) is 2. The van der Waals surface area contributed by atoms with Crippen LogP contribution >= 0.6 is 27.3 Å². The van der Waals surface area contributed by atoms with E-state index in [9.17, 15) is 4.79 Å². The van der Waals surface area contributed by atoms with Crippen molar-refractivity contribution in [3.63, 3.8) is 0 Å². The van der Waals surface area contributed by atoms with E-state index in [0.717, 1.165) is 21.4 Å². The summed E-state index contributed by atoms with van der Waals surface area (Å²) >= 11 is 4.96. The van der Waals surface area contributed by atoms with Gasteiger partial charge in [0.25, 0.3) is 5.91 Å². The Kier molecular flexibility index (Phi) is 5.50. The molecule has 6 heteroatoms. The maximum Gasteiger partial charge on any atom is 0.271 e. The molecule has 0 aliphatic carbocycles. The van der Waals surface area contributed by atoms with Gasteiger partial charge in [-0.15, -0.1) is 16.4 Å². The van der Waals surface area contributed by atoms with E-state index >= 15 is 0 Å². The summed E-state index contributed by atoms with van der Waals surface area (Å²) in [4.78, 5) is 13.1. The summed E-state index contributed by atoms with van der Waals surface area (Å²) in [6.07, 6.45) is 0. The predicted molar refractivity (Wildman–Crippen MR) is 116 cm³/mol. The molecule has 0 atom stereocenters. The SMILES string of the molecule is O=C(NN=c1scc(-c2ccc(Br)cc2)n1-c1ccccc1)c1ccccc1. The Morgan fingerprint density at radius 1 is 0.893 bits per heavy atom. The number of carbonyl (C=O) groups is 1. The topological polar surface area (TPSA) is 46.4 Å². The fraction of sp³-hybridized carbons (Fsp3) is 0. The van der Waals surface area contributed by atoms with Gasteiger partial charge in [0.2, 0.25) is 4.80 Å². The molecular formula is C22H16BrN3OS. The summed E-state index contributed by atoms with van der Waals surface area (Å²) in [6, 6.07) is 27.2. The van der Waals surface area contributed by atoms with E-state index in [2.05, 4.69) is 38.6 Å². The number of benzene rings is 3. The van der Waals surface area contributed by atoms with Crippen molar-refractivity contribution in [2.24, 2.45) is 5.10 Å². The van der Waals surface area contributed by atoms with Crippen LogP contribution in [-0.4, -0.2) is 10.5 Å². The van der Waals surface area contributed by atoms with Crippen LogP contribution in [0.15, 0.2) is 99.9 Å². The van der Waals surface area contributed by atoms with Gasteiger partial charge in [-0.25, -0.2) is 5.43 Å². The van der Waals surface area contributed by atoms with Gasteiger partial charge in [-0.3, -0.25) is 9.36 Å². The highest BCUT2D eigenvalue weighted by atomic mass is 79.9. The molecule has 0 radical (unpaired) electrons. The highest BCUT2D eigenvalue weighted by Gasteiger charge is 2.11. The Balaban J connectivity index is 1.77. The van der Waals surface area contributed by atoms with Crippen molar-refractivity contribution in [3.8, 4) is 16.9 Å². The lowest BCUT2D eigenvalue weighted by molar-refractivity contribution is 0.0953. The molecule has 0 unspecified atom stereocenters. The van der Waals surface area contributed by atoms with Gasteiger partial charge in [0.15, 0.2) is 0 Å². The highest BCUT2D eigenvalue weighted by Crippen LogP contribution is 2.25. The summed E-state index contributed by atoms with van der Waals surface area (Å²) in [7, 11) is 0. The zero-order valence-corrected chi connectivity index (χ0v) is 17.2. The number of carbonyl (C=O) groups excluding carboxylic acids is 1. The molecule has 4 nitrogen and oxygen atoms in total. The van der Waals surface area contributed by atoms with Crippen LogP contribution in [0.25, 0.3) is 16.9 Å². The summed E-state index contributed by atoms with van der Waals surface area (Å²) in [5.41, 5.74) is 6.30. The monoisotopic (exact) mass is 449 g/mol. The molecule has 0 fully saturated rings. The zero-order chi connectivity index (χ0) is 19.3. The molecule has 1 amide bonds. The van der Waals surface area contributed by atoms with Crippen molar-refractivity contribution in [1.82, 2.24) is 9.99 Å². The minimum atomic E-state index is -0.237. The largest absolute Gasteiger partial charge is 0.284 e. The van der Waals surface area contributed by atoms with Crippen LogP contribution in [0.5, 0.6) is 0 Å². The second-order valence-electron chi connectivity index (χ2n) is 6.00. The second-order valence-corrected chi connectivity index (χ2v) is 7.75. The van der Waals surface area contributed by atoms with E-state index in [0.29, 0.717) is 10.4 Å². The molecule has 1 aromatic heterocycles. The Labute approximate surface area is 174 Å². The van der Waals surface area contributed by atoms with Crippen LogP contribution in [-0.2, 0) is 0 Å². The first-order valence-corrected chi connectivity index (χ1v) is 10.3. The first-order chi connectivity index (χ1) is 13.7. The number of hydrogen-bond acceptors (Lipinski definition) is 3. The van der Waals surface area contributed by atoms with E-state index in [1.807, 2.05) is 70.6 Å². The fourth-order valence-corrected chi connectivity index (χ4v) is 3.92. The Hall–Kier alpha value is -2.96. The molecule has 0 spiro atoms. The molecule has 4 aromatic rings. The Morgan fingerprint density at radius 2 is 1.54 bits per heavy atom. The van der Waals surface area contributed by atoms with Crippen LogP contribution in [0, 0.1) is 0 Å². The minimum Gasteiger partial charge on any atom is -0.284 e. The molecule has 4 rings (SSSR count). The Bertz CT molecular complexity index is 1150. The fourth-order valence-electron chi connectivity index (χ4n) is 2.79. The third kappa shape index (κ3) is 3.98. The molecule has 0 saturated heterocycles. The first kappa shape index (κ1) is 18.4. The third-order valence-corrected chi connectivity index (χ3v) is 5.51. The molecule has 138 valence electrons. The van der Waals surface area contributed by atoms with Gasteiger partial charge < -0.3 is 0 Å². The van der Waals surface area contributed by atoms with E-state index in [1.54, 1.807) is 12.1 Å². The normalized spacial score (nSPS) is 11.4. The molecule has 0 aliphatic rings. The molecule has 3 aromatic carbocycles. The number of nitrogens with one attached hydrogen (secondary N) is 1. The lowest BCUT2D eigenvalue weighted by atomic mass is 10.1. The number of thiazole rings is 1. The van der Waals surface area contributed by atoms with E-state index in [-0.39, 0.29) is 5.91 Å². The number of amides is 1. The minimum absolute atomic E-state index is 0.237. The predicted octanol–water partition coefficient (Wildman–Crippen LogP) is 5.21. The van der Waals surface area contributed by atoms with Crippen LogP contribution < -0.4 is 10.2 Å². The van der Waals surface area contributed by atoms with E-state index < -0.39 is 0 Å². The molecule has 0 aliphatic heterocycles. The van der Waals surface area contributed by atoms with Crippen molar-refractivity contribution < 1.29 is 4.79 Å². The average Bonchev–Trinajstić information content (AvgIpc) is 3.17. The number of para-hydroxylation sites is 1. The average molecular weight is 450 g/mol. The van der Waals surface area contributed by atoms with Crippen LogP contribution in [0.1, 0.15) is 10.4 Å². The van der Waals surface area contributed by atoms with Gasteiger partial charge in [-0.1, -0.05) is 64.5 Å². The summed E-state index contributed by atoms with van der Waals surface area (Å²) in [5.74, 6) is -0.237. The Morgan fingerprint density at radius 3 is 2.21 bits per heavy atom. The molecule has 1 heterocycles. The molecular weight excluding hydrogens is 434 g/mol. The summed E-state index contributed by atoms with van der Waals surface area (Å²) in [6.45, 7) is 0. The molecule has 0 saturated carbocycles. The van der Waals surface area contributed by atoms with Crippen LogP contribution in [0.4, 0.5) is 0 Å². The zero-order valence-electron chi connectivity index (χ0n) is 14.7. The number of hydrogen-bond donors (Lipinski definition) is 1. The van der Waals surface area contributed by atoms with Gasteiger partial charge in [0, 0.05) is 21.1 Å². The van der Waals surface area contributed by atoms with Gasteiger partial charge in [-0.2, -0.15) is 0 Å². The molecule has 1 N–H and O–H groups in total. The highest BCUT2D eigenvalue weighted by molar-refractivity contribution is 9.10. The lowest BCUT2D eigenvalue weighted by Gasteiger charge is -2.09. The van der Waals surface area contributed by atoms with E-state index in [1.165, 1.54) is 11.3 Å². The smallest absolute Gasteiger partial charge is 0.271 e. The van der Waals surface area contributed by atoms with E-state index in [4.69, 9.17) is 0 Å². The van der Waals surface area contributed by atoms with Gasteiger partial charge >= 0.3 is 0 Å². The lowest BCUT2D eigenvalue weighted by Crippen LogP contribution is -2.24. The van der Waals surface area contributed by atoms with Crippen LogP contribution in [0.3, 0.4) is 0 Å². The summed E-state index contributed by atoms with van der Waals surface area (Å²) < 4.78 is 3.07. The quantitative estimate of drug-likeness (QED) is 0.426.